The maximum Gasteiger partial charge on any atom is 0.246 e. The zero-order chi connectivity index (χ0) is 27.4. The molecular formula is C31H43N3O4. The third-order valence-electron chi connectivity index (χ3n) is 9.81. The van der Waals surface area contributed by atoms with Crippen molar-refractivity contribution in [2.45, 2.75) is 103 Å². The summed E-state index contributed by atoms with van der Waals surface area (Å²) in [6, 6.07) is 6.96. The fourth-order valence-electron chi connectivity index (χ4n) is 7.10. The van der Waals surface area contributed by atoms with E-state index in [2.05, 4.69) is 38.3 Å². The minimum atomic E-state index is -1.12. The summed E-state index contributed by atoms with van der Waals surface area (Å²) in [6.07, 6.45) is 7.15. The molecule has 1 aromatic rings. The van der Waals surface area contributed by atoms with Gasteiger partial charge in [-0.05, 0) is 55.2 Å². The molecule has 4 aliphatic rings. The molecule has 206 valence electrons. The Morgan fingerprint density at radius 1 is 1.11 bits per heavy atom. The van der Waals surface area contributed by atoms with Crippen LogP contribution in [0.3, 0.4) is 0 Å². The molecule has 7 unspecified atom stereocenters. The quantitative estimate of drug-likeness (QED) is 0.512. The van der Waals surface area contributed by atoms with Crippen LogP contribution in [0, 0.1) is 23.7 Å². The van der Waals surface area contributed by atoms with E-state index in [1.54, 1.807) is 4.90 Å². The minimum Gasteiger partial charge on any atom is -0.359 e. The smallest absolute Gasteiger partial charge is 0.246 e. The Hall–Kier alpha value is -2.67. The number of hydrogen-bond donors (Lipinski definition) is 2. The van der Waals surface area contributed by atoms with Crippen LogP contribution in [0.2, 0.25) is 0 Å². The van der Waals surface area contributed by atoms with E-state index in [0.29, 0.717) is 29.9 Å². The molecule has 0 aromatic heterocycles. The van der Waals surface area contributed by atoms with Gasteiger partial charge in [-0.2, -0.15) is 0 Å². The molecule has 1 saturated carbocycles. The zero-order valence-corrected chi connectivity index (χ0v) is 23.6. The van der Waals surface area contributed by atoms with Gasteiger partial charge in [0.2, 0.25) is 17.7 Å². The lowest BCUT2D eigenvalue weighted by molar-refractivity contribution is -0.144. The van der Waals surface area contributed by atoms with Crippen LogP contribution in [-0.2, 0) is 19.1 Å². The van der Waals surface area contributed by atoms with Gasteiger partial charge in [-0.15, -0.1) is 0 Å². The number of rotatable bonds is 7. The average Bonchev–Trinajstić information content (AvgIpc) is 3.54. The van der Waals surface area contributed by atoms with Crippen molar-refractivity contribution in [1.29, 1.82) is 0 Å². The average molecular weight is 522 g/mol. The molecule has 2 N–H and O–H groups in total. The second-order valence-electron chi connectivity index (χ2n) is 12.4. The van der Waals surface area contributed by atoms with Crippen molar-refractivity contribution in [3.63, 3.8) is 0 Å². The molecule has 7 heteroatoms. The van der Waals surface area contributed by atoms with Gasteiger partial charge >= 0.3 is 0 Å². The summed E-state index contributed by atoms with van der Waals surface area (Å²) < 4.78 is 6.48. The third kappa shape index (κ3) is 4.27. The van der Waals surface area contributed by atoms with Crippen LogP contribution >= 0.6 is 0 Å². The Kier molecular flexibility index (Phi) is 7.18. The Morgan fingerprint density at radius 2 is 1.82 bits per heavy atom. The number of likely N-dealkylation sites (tertiary alicyclic amines) is 1. The number of ether oxygens (including phenoxy) is 1. The van der Waals surface area contributed by atoms with Crippen LogP contribution in [0.25, 0.3) is 0 Å². The van der Waals surface area contributed by atoms with Crippen molar-refractivity contribution in [2.75, 3.05) is 5.32 Å². The second kappa shape index (κ2) is 10.1. The van der Waals surface area contributed by atoms with E-state index in [9.17, 15) is 14.4 Å². The molecule has 3 amide bonds. The van der Waals surface area contributed by atoms with Crippen molar-refractivity contribution in [3.05, 3.63) is 42.0 Å². The molecular weight excluding hydrogens is 478 g/mol. The number of amides is 3. The maximum atomic E-state index is 14.0. The number of carbonyl (C=O) groups excluding carboxylic acids is 3. The maximum absolute atomic E-state index is 14.0. The highest BCUT2D eigenvalue weighted by molar-refractivity contribution is 6.03. The van der Waals surface area contributed by atoms with Gasteiger partial charge < -0.3 is 20.3 Å². The summed E-state index contributed by atoms with van der Waals surface area (Å²) in [4.78, 5) is 43.4. The standard InChI is InChI=1S/C31H43N3O4/c1-7-19(5)34-27(29(36)33-23-10-8-9-18(4)20(23)6)31-16-15-24(38-31)25(26(31)30(34)37)28(35)32-22-13-11-21(12-14-22)17(2)3/h11-20,23-27H,7-10H2,1-6H3,(H,32,35)(H,33,36)/t18?,19?,20?,23?,24-,25?,26-,27?,31?/m1/s1. The zero-order valence-electron chi connectivity index (χ0n) is 23.6. The fourth-order valence-corrected chi connectivity index (χ4v) is 7.10. The van der Waals surface area contributed by atoms with E-state index in [1.807, 2.05) is 50.3 Å². The lowest BCUT2D eigenvalue weighted by Crippen LogP contribution is -2.59. The molecule has 38 heavy (non-hydrogen) atoms. The molecule has 1 aliphatic carbocycles. The summed E-state index contributed by atoms with van der Waals surface area (Å²) in [5.74, 6) is -0.667. The van der Waals surface area contributed by atoms with Crippen LogP contribution < -0.4 is 10.6 Å². The summed E-state index contributed by atoms with van der Waals surface area (Å²) in [5, 5.41) is 6.33. The molecule has 5 rings (SSSR count). The van der Waals surface area contributed by atoms with E-state index >= 15 is 0 Å². The number of fused-ring (bicyclic) bond motifs is 1. The first-order chi connectivity index (χ1) is 18.1. The van der Waals surface area contributed by atoms with Crippen LogP contribution in [-0.4, -0.2) is 52.5 Å². The van der Waals surface area contributed by atoms with Gasteiger partial charge in [-0.25, -0.2) is 0 Å². The normalized spacial score (nSPS) is 36.4. The van der Waals surface area contributed by atoms with Crippen LogP contribution in [0.4, 0.5) is 5.69 Å². The minimum absolute atomic E-state index is 0.0751. The highest BCUT2D eigenvalue weighted by Crippen LogP contribution is 2.56. The number of nitrogens with zero attached hydrogens (tertiary/aromatic N) is 1. The lowest BCUT2D eigenvalue weighted by Gasteiger charge is -2.39. The molecule has 9 atom stereocenters. The first-order valence-electron chi connectivity index (χ1n) is 14.5. The monoisotopic (exact) mass is 521 g/mol. The first kappa shape index (κ1) is 26.9. The van der Waals surface area contributed by atoms with E-state index in [0.717, 1.165) is 12.8 Å². The number of nitrogens with one attached hydrogen (secondary N) is 2. The van der Waals surface area contributed by atoms with E-state index in [4.69, 9.17) is 4.74 Å². The largest absolute Gasteiger partial charge is 0.359 e. The molecule has 1 aromatic carbocycles. The summed E-state index contributed by atoms with van der Waals surface area (Å²) in [6.45, 7) is 12.7. The molecule has 3 heterocycles. The second-order valence-corrected chi connectivity index (χ2v) is 12.4. The molecule has 3 fully saturated rings. The van der Waals surface area contributed by atoms with E-state index in [-0.39, 0.29) is 29.8 Å². The summed E-state index contributed by atoms with van der Waals surface area (Å²) in [5.41, 5.74) is 0.764. The van der Waals surface area contributed by atoms with Gasteiger partial charge in [0.15, 0.2) is 0 Å². The molecule has 1 spiro atoms. The number of carbonyl (C=O) groups is 3. The van der Waals surface area contributed by atoms with E-state index < -0.39 is 29.6 Å². The molecule has 7 nitrogen and oxygen atoms in total. The predicted molar refractivity (Wildman–Crippen MR) is 147 cm³/mol. The van der Waals surface area contributed by atoms with Gasteiger partial charge in [0.25, 0.3) is 0 Å². The molecule has 2 saturated heterocycles. The van der Waals surface area contributed by atoms with E-state index in [1.165, 1.54) is 12.0 Å². The van der Waals surface area contributed by atoms with Crippen molar-refractivity contribution < 1.29 is 19.1 Å². The Morgan fingerprint density at radius 3 is 2.47 bits per heavy atom. The molecule has 0 radical (unpaired) electrons. The van der Waals surface area contributed by atoms with Crippen molar-refractivity contribution >= 4 is 23.4 Å². The van der Waals surface area contributed by atoms with Gasteiger partial charge in [-0.3, -0.25) is 14.4 Å². The number of benzene rings is 1. The highest BCUT2D eigenvalue weighted by Gasteiger charge is 2.73. The van der Waals surface area contributed by atoms with Crippen molar-refractivity contribution in [3.8, 4) is 0 Å². The van der Waals surface area contributed by atoms with Gasteiger partial charge in [0.1, 0.15) is 11.6 Å². The van der Waals surface area contributed by atoms with Crippen LogP contribution in [0.1, 0.15) is 78.7 Å². The van der Waals surface area contributed by atoms with Gasteiger partial charge in [0, 0.05) is 17.8 Å². The van der Waals surface area contributed by atoms with Crippen LogP contribution in [0.15, 0.2) is 36.4 Å². The molecule has 2 bridgehead atoms. The van der Waals surface area contributed by atoms with Crippen LogP contribution in [0.5, 0.6) is 0 Å². The topological polar surface area (TPSA) is 87.7 Å². The SMILES string of the molecule is CCC(C)N1C(=O)[C@H]2C(C(=O)Nc3ccc(C(C)C)cc3)[C@H]3C=CC2(O3)C1C(=O)NC1CCCC(C)C1C. The van der Waals surface area contributed by atoms with Crippen molar-refractivity contribution in [2.24, 2.45) is 23.7 Å². The lowest BCUT2D eigenvalue weighted by atomic mass is 9.73. The Balaban J connectivity index is 1.42. The fraction of sp³-hybridized carbons (Fsp3) is 0.645. The van der Waals surface area contributed by atoms with Gasteiger partial charge in [0.05, 0.1) is 17.9 Å². The van der Waals surface area contributed by atoms with Crippen molar-refractivity contribution in [1.82, 2.24) is 10.2 Å². The third-order valence-corrected chi connectivity index (χ3v) is 9.81. The number of anilines is 1. The van der Waals surface area contributed by atoms with Gasteiger partial charge in [-0.1, -0.05) is 71.7 Å². The summed E-state index contributed by atoms with van der Waals surface area (Å²) in [7, 11) is 0. The number of hydrogen-bond acceptors (Lipinski definition) is 4. The Labute approximate surface area is 226 Å². The summed E-state index contributed by atoms with van der Waals surface area (Å²) >= 11 is 0. The first-order valence-corrected chi connectivity index (χ1v) is 14.5. The Bertz CT molecular complexity index is 1110. The molecule has 3 aliphatic heterocycles. The highest BCUT2D eigenvalue weighted by atomic mass is 16.5. The predicted octanol–water partition coefficient (Wildman–Crippen LogP) is 4.64.